The molecule has 0 heterocycles. The maximum atomic E-state index is 13.8. The Morgan fingerprint density at radius 2 is 1.90 bits per heavy atom. The number of anilines is 1. The molecule has 7 heteroatoms. The molecule has 0 atom stereocenters. The number of nitrogens with zero attached hydrogens (tertiary/aromatic N) is 1. The predicted molar refractivity (Wildman–Crippen MR) is 113 cm³/mol. The number of hydrogen-bond acceptors (Lipinski definition) is 5. The Morgan fingerprint density at radius 3 is 2.67 bits per heavy atom. The van der Waals surface area contributed by atoms with Crippen LogP contribution in [0.2, 0.25) is 0 Å². The van der Waals surface area contributed by atoms with Crippen LogP contribution in [0.3, 0.4) is 0 Å². The normalized spacial score (nSPS) is 10.7. The van der Waals surface area contributed by atoms with Gasteiger partial charge >= 0.3 is 5.97 Å². The van der Waals surface area contributed by atoms with Crippen LogP contribution in [0, 0.1) is 5.82 Å². The summed E-state index contributed by atoms with van der Waals surface area (Å²) >= 11 is 0. The Kier molecular flexibility index (Phi) is 7.00. The number of hydrogen-bond donors (Lipinski definition) is 2. The van der Waals surface area contributed by atoms with Crippen molar-refractivity contribution in [1.29, 1.82) is 0 Å². The fourth-order valence-electron chi connectivity index (χ4n) is 2.67. The molecule has 0 aliphatic rings. The van der Waals surface area contributed by atoms with E-state index in [9.17, 15) is 9.18 Å². The minimum atomic E-state index is -1.00. The van der Waals surface area contributed by atoms with Crippen LogP contribution in [0.1, 0.15) is 28.4 Å². The third-order valence-electron chi connectivity index (χ3n) is 4.13. The van der Waals surface area contributed by atoms with Crippen molar-refractivity contribution in [3.05, 3.63) is 89.2 Å². The number of benzene rings is 3. The van der Waals surface area contributed by atoms with Gasteiger partial charge in [0.15, 0.2) is 11.5 Å². The van der Waals surface area contributed by atoms with Crippen molar-refractivity contribution in [2.24, 2.45) is 5.10 Å². The minimum Gasteiger partial charge on any atom is -0.490 e. The quantitative estimate of drug-likeness (QED) is 0.387. The Labute approximate surface area is 173 Å². The van der Waals surface area contributed by atoms with Crippen molar-refractivity contribution < 1.29 is 23.8 Å². The lowest BCUT2D eigenvalue weighted by atomic mass is 10.2. The number of aromatic carboxylic acids is 1. The molecule has 0 aliphatic heterocycles. The zero-order valence-electron chi connectivity index (χ0n) is 16.3. The smallest absolute Gasteiger partial charge is 0.335 e. The molecule has 0 radical (unpaired) electrons. The first-order chi connectivity index (χ1) is 14.6. The number of halogens is 1. The zero-order valence-corrected chi connectivity index (χ0v) is 16.3. The highest BCUT2D eigenvalue weighted by molar-refractivity contribution is 5.89. The zero-order chi connectivity index (χ0) is 21.3. The number of nitrogens with one attached hydrogen (secondary N) is 1. The molecule has 0 fully saturated rings. The molecule has 0 bridgehead atoms. The van der Waals surface area contributed by atoms with Gasteiger partial charge in [-0.25, -0.2) is 9.18 Å². The molecule has 2 N–H and O–H groups in total. The second-order valence-corrected chi connectivity index (χ2v) is 6.28. The molecule has 0 amide bonds. The van der Waals surface area contributed by atoms with E-state index in [1.165, 1.54) is 18.2 Å². The van der Waals surface area contributed by atoms with E-state index in [4.69, 9.17) is 14.6 Å². The number of carbonyl (C=O) groups is 1. The maximum Gasteiger partial charge on any atom is 0.335 e. The first-order valence-electron chi connectivity index (χ1n) is 9.32. The maximum absolute atomic E-state index is 13.8. The molecule has 0 saturated heterocycles. The van der Waals surface area contributed by atoms with Gasteiger partial charge in [-0.15, -0.1) is 0 Å². The van der Waals surface area contributed by atoms with Gasteiger partial charge in [0.2, 0.25) is 0 Å². The molecule has 0 aliphatic carbocycles. The Hall–Kier alpha value is -3.87. The average molecular weight is 408 g/mol. The van der Waals surface area contributed by atoms with Gasteiger partial charge in [-0.1, -0.05) is 24.3 Å². The second kappa shape index (κ2) is 10.1. The van der Waals surface area contributed by atoms with E-state index in [2.05, 4.69) is 10.5 Å². The van der Waals surface area contributed by atoms with Gasteiger partial charge < -0.3 is 14.6 Å². The summed E-state index contributed by atoms with van der Waals surface area (Å²) in [5, 5.41) is 13.2. The lowest BCUT2D eigenvalue weighted by Crippen LogP contribution is -2.02. The van der Waals surface area contributed by atoms with Crippen LogP contribution in [0.4, 0.5) is 10.1 Å². The summed E-state index contributed by atoms with van der Waals surface area (Å²) < 4.78 is 25.2. The van der Waals surface area contributed by atoms with Crippen molar-refractivity contribution in [1.82, 2.24) is 0 Å². The SMILES string of the molecule is CCOc1cc(/C=N/Nc2cccc(C(=O)O)c2)ccc1OCc1ccccc1F. The minimum absolute atomic E-state index is 0.0850. The van der Waals surface area contributed by atoms with Crippen LogP contribution >= 0.6 is 0 Å². The molecule has 0 saturated carbocycles. The van der Waals surface area contributed by atoms with E-state index < -0.39 is 5.97 Å². The van der Waals surface area contributed by atoms with Gasteiger partial charge in [0.1, 0.15) is 12.4 Å². The Morgan fingerprint density at radius 1 is 1.07 bits per heavy atom. The molecule has 6 nitrogen and oxygen atoms in total. The third-order valence-corrected chi connectivity index (χ3v) is 4.13. The summed E-state index contributed by atoms with van der Waals surface area (Å²) in [6.07, 6.45) is 1.58. The van der Waals surface area contributed by atoms with Crippen LogP contribution < -0.4 is 14.9 Å². The van der Waals surface area contributed by atoms with Gasteiger partial charge in [0.05, 0.1) is 24.1 Å². The molecule has 154 valence electrons. The second-order valence-electron chi connectivity index (χ2n) is 6.28. The highest BCUT2D eigenvalue weighted by Crippen LogP contribution is 2.29. The molecule has 0 aromatic heterocycles. The number of ether oxygens (including phenoxy) is 2. The Bertz CT molecular complexity index is 1050. The van der Waals surface area contributed by atoms with E-state index in [1.54, 1.807) is 54.7 Å². The van der Waals surface area contributed by atoms with Crippen LogP contribution in [-0.2, 0) is 6.61 Å². The Balaban J connectivity index is 1.69. The van der Waals surface area contributed by atoms with Gasteiger partial charge in [0, 0.05) is 5.56 Å². The van der Waals surface area contributed by atoms with Crippen molar-refractivity contribution in [3.8, 4) is 11.5 Å². The van der Waals surface area contributed by atoms with Crippen LogP contribution in [0.5, 0.6) is 11.5 Å². The number of carboxylic acid groups (broad SMARTS) is 1. The lowest BCUT2D eigenvalue weighted by molar-refractivity contribution is 0.0697. The molecular formula is C23H21FN2O4. The van der Waals surface area contributed by atoms with Gasteiger partial charge in [-0.3, -0.25) is 5.43 Å². The predicted octanol–water partition coefficient (Wildman–Crippen LogP) is 4.95. The summed E-state index contributed by atoms with van der Waals surface area (Å²) in [5.74, 6) is -0.308. The summed E-state index contributed by atoms with van der Waals surface area (Å²) in [5.41, 5.74) is 4.73. The molecule has 0 spiro atoms. The molecule has 3 rings (SSSR count). The summed E-state index contributed by atoms with van der Waals surface area (Å²) in [6, 6.07) is 18.1. The topological polar surface area (TPSA) is 80.2 Å². The van der Waals surface area contributed by atoms with Crippen LogP contribution in [0.25, 0.3) is 0 Å². The molecule has 3 aromatic rings. The van der Waals surface area contributed by atoms with Crippen molar-refractivity contribution in [3.63, 3.8) is 0 Å². The molecule has 30 heavy (non-hydrogen) atoms. The highest BCUT2D eigenvalue weighted by Gasteiger charge is 2.08. The van der Waals surface area contributed by atoms with Crippen molar-refractivity contribution in [2.75, 3.05) is 12.0 Å². The fourth-order valence-corrected chi connectivity index (χ4v) is 2.67. The van der Waals surface area contributed by atoms with E-state index in [0.29, 0.717) is 29.4 Å². The summed E-state index contributed by atoms with van der Waals surface area (Å²) in [6.45, 7) is 2.39. The van der Waals surface area contributed by atoms with Crippen molar-refractivity contribution in [2.45, 2.75) is 13.5 Å². The van der Waals surface area contributed by atoms with Gasteiger partial charge in [-0.2, -0.15) is 5.10 Å². The average Bonchev–Trinajstić information content (AvgIpc) is 2.74. The van der Waals surface area contributed by atoms with E-state index >= 15 is 0 Å². The summed E-state index contributed by atoms with van der Waals surface area (Å²) in [7, 11) is 0. The van der Waals surface area contributed by atoms with Gasteiger partial charge in [0.25, 0.3) is 0 Å². The van der Waals surface area contributed by atoms with Crippen molar-refractivity contribution >= 4 is 17.9 Å². The fraction of sp³-hybridized carbons (Fsp3) is 0.130. The standard InChI is InChI=1S/C23H21FN2O4/c1-2-29-22-12-16(14-25-26-19-8-5-7-17(13-19)23(27)28)10-11-21(22)30-15-18-6-3-4-9-20(18)24/h3-14,26H,2,15H2,1H3,(H,27,28)/b25-14+. The first-order valence-corrected chi connectivity index (χ1v) is 9.32. The van der Waals surface area contributed by atoms with E-state index in [-0.39, 0.29) is 18.0 Å². The largest absolute Gasteiger partial charge is 0.490 e. The number of rotatable bonds is 9. The molecule has 3 aromatic carbocycles. The number of carboxylic acids is 1. The number of hydrazone groups is 1. The molecular weight excluding hydrogens is 387 g/mol. The first kappa shape index (κ1) is 20.9. The lowest BCUT2D eigenvalue weighted by Gasteiger charge is -2.13. The third kappa shape index (κ3) is 5.57. The van der Waals surface area contributed by atoms with E-state index in [1.807, 2.05) is 6.92 Å². The van der Waals surface area contributed by atoms with Crippen LogP contribution in [-0.4, -0.2) is 23.9 Å². The van der Waals surface area contributed by atoms with Crippen LogP contribution in [0.15, 0.2) is 71.8 Å². The van der Waals surface area contributed by atoms with E-state index in [0.717, 1.165) is 5.56 Å². The monoisotopic (exact) mass is 408 g/mol. The van der Waals surface area contributed by atoms with Gasteiger partial charge in [-0.05, 0) is 55.0 Å². The highest BCUT2D eigenvalue weighted by atomic mass is 19.1. The summed E-state index contributed by atoms with van der Waals surface area (Å²) in [4.78, 5) is 11.0. The molecule has 0 unspecified atom stereocenters.